The maximum Gasteiger partial charge on any atom is 0.0285 e. The maximum atomic E-state index is 3.48. The molecule has 0 bridgehead atoms. The SMILES string of the molecule is C/C=C/Cc1ccccc1CBr. The van der Waals surface area contributed by atoms with Crippen molar-refractivity contribution in [3.8, 4) is 0 Å². The first-order chi connectivity index (χ1) is 5.88. The highest BCUT2D eigenvalue weighted by Gasteiger charge is 1.96. The van der Waals surface area contributed by atoms with Gasteiger partial charge in [0.05, 0.1) is 0 Å². The van der Waals surface area contributed by atoms with Gasteiger partial charge in [0.15, 0.2) is 0 Å². The van der Waals surface area contributed by atoms with Crippen LogP contribution < -0.4 is 0 Å². The monoisotopic (exact) mass is 224 g/mol. The number of rotatable bonds is 3. The molecule has 0 aromatic heterocycles. The average Bonchev–Trinajstić information content (AvgIpc) is 2.15. The van der Waals surface area contributed by atoms with Gasteiger partial charge in [0.25, 0.3) is 0 Å². The second-order valence-corrected chi connectivity index (χ2v) is 3.24. The molecular formula is C11H13Br. The lowest BCUT2D eigenvalue weighted by atomic mass is 10.1. The summed E-state index contributed by atoms with van der Waals surface area (Å²) in [6.07, 6.45) is 5.31. The fourth-order valence-corrected chi connectivity index (χ4v) is 1.68. The van der Waals surface area contributed by atoms with Crippen LogP contribution >= 0.6 is 15.9 Å². The summed E-state index contributed by atoms with van der Waals surface area (Å²) in [6.45, 7) is 2.05. The Bertz CT molecular complexity index is 263. The predicted octanol–water partition coefficient (Wildman–Crippen LogP) is 3.70. The van der Waals surface area contributed by atoms with Gasteiger partial charge in [-0.25, -0.2) is 0 Å². The van der Waals surface area contributed by atoms with Crippen LogP contribution in [0.2, 0.25) is 0 Å². The van der Waals surface area contributed by atoms with Crippen molar-refractivity contribution in [2.45, 2.75) is 18.7 Å². The quantitative estimate of drug-likeness (QED) is 0.543. The molecule has 0 aliphatic carbocycles. The molecule has 0 aliphatic heterocycles. The third-order valence-electron chi connectivity index (χ3n) is 1.84. The highest BCUT2D eigenvalue weighted by atomic mass is 79.9. The third kappa shape index (κ3) is 2.49. The lowest BCUT2D eigenvalue weighted by molar-refractivity contribution is 1.20. The fraction of sp³-hybridized carbons (Fsp3) is 0.273. The second kappa shape index (κ2) is 5.15. The van der Waals surface area contributed by atoms with Crippen LogP contribution in [0.25, 0.3) is 0 Å². The summed E-state index contributed by atoms with van der Waals surface area (Å²) >= 11 is 3.48. The first kappa shape index (κ1) is 9.53. The van der Waals surface area contributed by atoms with Gasteiger partial charge in [-0.2, -0.15) is 0 Å². The minimum Gasteiger partial charge on any atom is -0.0913 e. The Kier molecular flexibility index (Phi) is 4.09. The first-order valence-electron chi connectivity index (χ1n) is 4.12. The van der Waals surface area contributed by atoms with Gasteiger partial charge in [-0.15, -0.1) is 0 Å². The van der Waals surface area contributed by atoms with Gasteiger partial charge in [0.1, 0.15) is 0 Å². The molecule has 0 amide bonds. The van der Waals surface area contributed by atoms with Gasteiger partial charge >= 0.3 is 0 Å². The Morgan fingerprint density at radius 3 is 2.50 bits per heavy atom. The molecule has 0 radical (unpaired) electrons. The van der Waals surface area contributed by atoms with Gasteiger partial charge in [-0.3, -0.25) is 0 Å². The van der Waals surface area contributed by atoms with E-state index in [1.807, 2.05) is 0 Å². The summed E-state index contributed by atoms with van der Waals surface area (Å²) in [5.41, 5.74) is 2.79. The van der Waals surface area contributed by atoms with E-state index in [2.05, 4.69) is 59.3 Å². The van der Waals surface area contributed by atoms with Crippen molar-refractivity contribution in [2.75, 3.05) is 0 Å². The Labute approximate surface area is 82.4 Å². The van der Waals surface area contributed by atoms with Crippen molar-refractivity contribution in [3.63, 3.8) is 0 Å². The van der Waals surface area contributed by atoms with Gasteiger partial charge < -0.3 is 0 Å². The van der Waals surface area contributed by atoms with Crippen LogP contribution in [0, 0.1) is 0 Å². The van der Waals surface area contributed by atoms with Crippen LogP contribution in [0.5, 0.6) is 0 Å². The topological polar surface area (TPSA) is 0 Å². The van der Waals surface area contributed by atoms with Crippen molar-refractivity contribution >= 4 is 15.9 Å². The Balaban J connectivity index is 2.81. The molecule has 64 valence electrons. The van der Waals surface area contributed by atoms with E-state index in [4.69, 9.17) is 0 Å². The molecule has 0 N–H and O–H groups in total. The summed E-state index contributed by atoms with van der Waals surface area (Å²) in [4.78, 5) is 0. The van der Waals surface area contributed by atoms with Gasteiger partial charge in [0.2, 0.25) is 0 Å². The fourth-order valence-electron chi connectivity index (χ4n) is 1.13. The highest BCUT2D eigenvalue weighted by molar-refractivity contribution is 9.08. The highest BCUT2D eigenvalue weighted by Crippen LogP contribution is 2.13. The van der Waals surface area contributed by atoms with E-state index >= 15 is 0 Å². The summed E-state index contributed by atoms with van der Waals surface area (Å²) in [5.74, 6) is 0. The van der Waals surface area contributed by atoms with Crippen LogP contribution in [0.4, 0.5) is 0 Å². The molecule has 0 saturated heterocycles. The molecule has 0 spiro atoms. The molecule has 1 rings (SSSR count). The van der Waals surface area contributed by atoms with Crippen molar-refractivity contribution in [2.24, 2.45) is 0 Å². The van der Waals surface area contributed by atoms with Crippen LogP contribution in [0.15, 0.2) is 36.4 Å². The van der Waals surface area contributed by atoms with E-state index in [0.29, 0.717) is 0 Å². The normalized spacial score (nSPS) is 10.8. The van der Waals surface area contributed by atoms with Crippen LogP contribution in [-0.2, 0) is 11.8 Å². The van der Waals surface area contributed by atoms with E-state index in [9.17, 15) is 0 Å². The van der Waals surface area contributed by atoms with E-state index < -0.39 is 0 Å². The van der Waals surface area contributed by atoms with Crippen molar-refractivity contribution in [3.05, 3.63) is 47.5 Å². The number of allylic oxidation sites excluding steroid dienone is 2. The Morgan fingerprint density at radius 1 is 1.25 bits per heavy atom. The second-order valence-electron chi connectivity index (χ2n) is 2.68. The first-order valence-corrected chi connectivity index (χ1v) is 5.24. The van der Waals surface area contributed by atoms with Crippen LogP contribution in [0.3, 0.4) is 0 Å². The summed E-state index contributed by atoms with van der Waals surface area (Å²) < 4.78 is 0. The summed E-state index contributed by atoms with van der Waals surface area (Å²) in [6, 6.07) is 8.50. The van der Waals surface area contributed by atoms with Crippen LogP contribution in [0.1, 0.15) is 18.1 Å². The minimum absolute atomic E-state index is 0.945. The van der Waals surface area contributed by atoms with E-state index in [0.717, 1.165) is 11.8 Å². The lowest BCUT2D eigenvalue weighted by Crippen LogP contribution is -1.88. The predicted molar refractivity (Wildman–Crippen MR) is 57.6 cm³/mol. The van der Waals surface area contributed by atoms with Crippen molar-refractivity contribution in [1.29, 1.82) is 0 Å². The summed E-state index contributed by atoms with van der Waals surface area (Å²) in [5, 5.41) is 0.945. The molecule has 0 fully saturated rings. The molecule has 0 unspecified atom stereocenters. The van der Waals surface area contributed by atoms with Crippen LogP contribution in [-0.4, -0.2) is 0 Å². The molecule has 0 saturated carbocycles. The Morgan fingerprint density at radius 2 is 1.92 bits per heavy atom. The molecule has 1 heteroatoms. The lowest BCUT2D eigenvalue weighted by Gasteiger charge is -2.02. The number of hydrogen-bond acceptors (Lipinski definition) is 0. The number of alkyl halides is 1. The standard InChI is InChI=1S/C11H13Br/c1-2-3-6-10-7-4-5-8-11(10)9-12/h2-5,7-8H,6,9H2,1H3/b3-2+. The molecule has 1 aromatic rings. The molecule has 12 heavy (non-hydrogen) atoms. The van der Waals surface area contributed by atoms with E-state index in [1.54, 1.807) is 0 Å². The van der Waals surface area contributed by atoms with Gasteiger partial charge in [0, 0.05) is 5.33 Å². The molecule has 0 heterocycles. The maximum absolute atomic E-state index is 3.48. The molecule has 0 aliphatic rings. The van der Waals surface area contributed by atoms with Crippen molar-refractivity contribution < 1.29 is 0 Å². The third-order valence-corrected chi connectivity index (χ3v) is 2.44. The van der Waals surface area contributed by atoms with Gasteiger partial charge in [-0.1, -0.05) is 52.3 Å². The van der Waals surface area contributed by atoms with E-state index in [-0.39, 0.29) is 0 Å². The number of benzene rings is 1. The molecular weight excluding hydrogens is 212 g/mol. The zero-order chi connectivity index (χ0) is 8.81. The minimum atomic E-state index is 0.945. The van der Waals surface area contributed by atoms with E-state index in [1.165, 1.54) is 11.1 Å². The molecule has 1 aromatic carbocycles. The smallest absolute Gasteiger partial charge is 0.0285 e. The summed E-state index contributed by atoms with van der Waals surface area (Å²) in [7, 11) is 0. The number of hydrogen-bond donors (Lipinski definition) is 0. The largest absolute Gasteiger partial charge is 0.0913 e. The Hall–Kier alpha value is -0.560. The van der Waals surface area contributed by atoms with Gasteiger partial charge in [-0.05, 0) is 24.5 Å². The molecule has 0 nitrogen and oxygen atoms in total. The van der Waals surface area contributed by atoms with Crippen molar-refractivity contribution in [1.82, 2.24) is 0 Å². The average molecular weight is 225 g/mol. The zero-order valence-corrected chi connectivity index (χ0v) is 8.84. The molecule has 0 atom stereocenters. The number of halogens is 1. The zero-order valence-electron chi connectivity index (χ0n) is 7.26.